The van der Waals surface area contributed by atoms with Crippen LogP contribution in [0.4, 0.5) is 4.79 Å². The van der Waals surface area contributed by atoms with Gasteiger partial charge in [-0.3, -0.25) is 28.9 Å². The molecule has 0 spiro atoms. The van der Waals surface area contributed by atoms with Gasteiger partial charge in [0.2, 0.25) is 11.8 Å². The average Bonchev–Trinajstić information content (AvgIpc) is 3.10. The van der Waals surface area contributed by atoms with E-state index in [1.807, 2.05) is 12.1 Å². The molecule has 1 aromatic heterocycles. The summed E-state index contributed by atoms with van der Waals surface area (Å²) in [5.74, 6) is -0.160. The third-order valence-electron chi connectivity index (χ3n) is 7.61. The molecular formula is C24H31N5O6. The number of amides is 3. The van der Waals surface area contributed by atoms with Crippen molar-refractivity contribution in [3.05, 3.63) is 28.7 Å². The van der Waals surface area contributed by atoms with Crippen molar-refractivity contribution in [1.29, 1.82) is 0 Å². The van der Waals surface area contributed by atoms with E-state index in [0.717, 1.165) is 38.8 Å². The molecule has 4 heterocycles. The number of carbonyl (C=O) groups is 3. The zero-order valence-electron chi connectivity index (χ0n) is 19.8. The molecule has 11 nitrogen and oxygen atoms in total. The predicted octanol–water partition coefficient (Wildman–Crippen LogP) is 1.30. The Bertz CT molecular complexity index is 1200. The number of hydrogen-bond donors (Lipinski definition) is 2. The summed E-state index contributed by atoms with van der Waals surface area (Å²) in [6.07, 6.45) is 3.05. The monoisotopic (exact) mass is 485 g/mol. The Hall–Kier alpha value is -3.34. The molecule has 1 aromatic carbocycles. The molecule has 0 radical (unpaired) electrons. The summed E-state index contributed by atoms with van der Waals surface area (Å²) in [6.45, 7) is 2.93. The number of likely N-dealkylation sites (tertiary alicyclic amines) is 2. The zero-order valence-corrected chi connectivity index (χ0v) is 19.8. The van der Waals surface area contributed by atoms with Crippen LogP contribution in [0.3, 0.4) is 0 Å². The molecule has 188 valence electrons. The van der Waals surface area contributed by atoms with E-state index in [2.05, 4.69) is 10.2 Å². The number of rotatable bonds is 4. The number of aryl methyl sites for hydroxylation is 1. The van der Waals surface area contributed by atoms with Crippen LogP contribution >= 0.6 is 0 Å². The van der Waals surface area contributed by atoms with E-state index in [-0.39, 0.29) is 24.1 Å². The molecule has 0 aliphatic carbocycles. The molecule has 2 aromatic rings. The number of imidazole rings is 1. The minimum atomic E-state index is -0.842. The number of carbonyl (C=O) groups excluding carboxylic acids is 2. The summed E-state index contributed by atoms with van der Waals surface area (Å²) in [5, 5.41) is 11.5. The number of aromatic nitrogens is 2. The summed E-state index contributed by atoms with van der Waals surface area (Å²) in [4.78, 5) is 52.2. The van der Waals surface area contributed by atoms with Crippen LogP contribution in [0.25, 0.3) is 11.0 Å². The zero-order chi connectivity index (χ0) is 24.7. The highest BCUT2D eigenvalue weighted by Gasteiger charge is 2.33. The van der Waals surface area contributed by atoms with Gasteiger partial charge in [0.15, 0.2) is 0 Å². The highest BCUT2D eigenvalue weighted by molar-refractivity contribution is 6.00. The Morgan fingerprint density at radius 2 is 1.74 bits per heavy atom. The Morgan fingerprint density at radius 1 is 1.03 bits per heavy atom. The normalized spacial score (nSPS) is 23.0. The molecule has 0 bridgehead atoms. The Balaban J connectivity index is 1.29. The summed E-state index contributed by atoms with van der Waals surface area (Å²) in [7, 11) is 1.67. The molecule has 11 heteroatoms. The molecule has 5 rings (SSSR count). The van der Waals surface area contributed by atoms with Gasteiger partial charge in [-0.05, 0) is 44.2 Å². The molecule has 3 aliphatic rings. The molecule has 1 unspecified atom stereocenters. The number of imide groups is 1. The highest BCUT2D eigenvalue weighted by atomic mass is 16.5. The van der Waals surface area contributed by atoms with Gasteiger partial charge in [-0.15, -0.1) is 0 Å². The van der Waals surface area contributed by atoms with Crippen LogP contribution in [0.1, 0.15) is 44.6 Å². The van der Waals surface area contributed by atoms with Gasteiger partial charge in [-0.25, -0.2) is 9.59 Å². The molecule has 3 saturated heterocycles. The first kappa shape index (κ1) is 23.4. The maximum absolute atomic E-state index is 13.1. The van der Waals surface area contributed by atoms with Crippen molar-refractivity contribution < 1.29 is 24.2 Å². The lowest BCUT2D eigenvalue weighted by Crippen LogP contribution is -2.49. The van der Waals surface area contributed by atoms with Crippen molar-refractivity contribution >= 4 is 28.9 Å². The van der Waals surface area contributed by atoms with E-state index in [9.17, 15) is 19.2 Å². The van der Waals surface area contributed by atoms with Crippen LogP contribution in [0.2, 0.25) is 0 Å². The van der Waals surface area contributed by atoms with Crippen molar-refractivity contribution in [3.63, 3.8) is 0 Å². The van der Waals surface area contributed by atoms with E-state index < -0.39 is 18.0 Å². The summed E-state index contributed by atoms with van der Waals surface area (Å²) >= 11 is 0. The topological polar surface area (TPSA) is 126 Å². The maximum atomic E-state index is 13.1. The number of hydrogen-bond acceptors (Lipinski definition) is 6. The van der Waals surface area contributed by atoms with E-state index in [4.69, 9.17) is 9.84 Å². The second-order valence-electron chi connectivity index (χ2n) is 9.66. The number of fused-ring (bicyclic) bond motifs is 1. The van der Waals surface area contributed by atoms with Crippen molar-refractivity contribution in [2.75, 3.05) is 26.2 Å². The summed E-state index contributed by atoms with van der Waals surface area (Å²) in [6, 6.07) is 5.16. The Kier molecular flexibility index (Phi) is 6.26. The predicted molar refractivity (Wildman–Crippen MR) is 126 cm³/mol. The standard InChI is InChI=1S/C24H31N5O6/c1-26-21-17(29(23(26)32)18-5-6-20(30)25-22(18)31)3-2-4-19(21)35-16-9-13-27(14-10-16)15-7-11-28(12-8-15)24(33)34/h2-4,15-16,18H,5-14H2,1H3,(H,33,34)(H,25,30,31). The fourth-order valence-electron chi connectivity index (χ4n) is 5.69. The number of ether oxygens (including phenoxy) is 1. The molecule has 3 amide bonds. The molecule has 3 fully saturated rings. The molecule has 0 saturated carbocycles. The molecule has 1 atom stereocenters. The first-order valence-corrected chi connectivity index (χ1v) is 12.3. The Labute approximate surface area is 202 Å². The van der Waals surface area contributed by atoms with Crippen molar-refractivity contribution in [2.45, 2.75) is 56.7 Å². The lowest BCUT2D eigenvalue weighted by Gasteiger charge is -2.41. The third-order valence-corrected chi connectivity index (χ3v) is 7.61. The van der Waals surface area contributed by atoms with Crippen LogP contribution in [-0.4, -0.2) is 80.3 Å². The number of nitrogens with zero attached hydrogens (tertiary/aromatic N) is 4. The van der Waals surface area contributed by atoms with Crippen LogP contribution in [0, 0.1) is 0 Å². The molecule has 35 heavy (non-hydrogen) atoms. The quantitative estimate of drug-likeness (QED) is 0.625. The first-order chi connectivity index (χ1) is 16.8. The van der Waals surface area contributed by atoms with Crippen LogP contribution < -0.4 is 15.7 Å². The second kappa shape index (κ2) is 9.37. The van der Waals surface area contributed by atoms with Gasteiger partial charge < -0.3 is 14.7 Å². The van der Waals surface area contributed by atoms with Crippen molar-refractivity contribution in [1.82, 2.24) is 24.3 Å². The van der Waals surface area contributed by atoms with E-state index in [0.29, 0.717) is 42.3 Å². The summed E-state index contributed by atoms with van der Waals surface area (Å²) < 4.78 is 9.37. The Morgan fingerprint density at radius 3 is 2.40 bits per heavy atom. The van der Waals surface area contributed by atoms with Gasteiger partial charge in [0.1, 0.15) is 23.4 Å². The average molecular weight is 486 g/mol. The number of carboxylic acid groups (broad SMARTS) is 1. The van der Waals surface area contributed by atoms with Gasteiger partial charge in [0.05, 0.1) is 5.52 Å². The van der Waals surface area contributed by atoms with Crippen LogP contribution in [0.15, 0.2) is 23.0 Å². The van der Waals surface area contributed by atoms with E-state index in [1.54, 1.807) is 13.1 Å². The second-order valence-corrected chi connectivity index (χ2v) is 9.66. The van der Waals surface area contributed by atoms with Gasteiger partial charge in [0.25, 0.3) is 0 Å². The highest BCUT2D eigenvalue weighted by Crippen LogP contribution is 2.31. The lowest BCUT2D eigenvalue weighted by atomic mass is 9.99. The van der Waals surface area contributed by atoms with Crippen molar-refractivity contribution in [2.24, 2.45) is 7.05 Å². The minimum Gasteiger partial charge on any atom is -0.488 e. The summed E-state index contributed by atoms with van der Waals surface area (Å²) in [5.41, 5.74) is 0.950. The lowest BCUT2D eigenvalue weighted by molar-refractivity contribution is -0.135. The molecule has 2 N–H and O–H groups in total. The van der Waals surface area contributed by atoms with Gasteiger partial charge in [-0.1, -0.05) is 6.07 Å². The van der Waals surface area contributed by atoms with Crippen LogP contribution in [-0.2, 0) is 16.6 Å². The van der Waals surface area contributed by atoms with Crippen molar-refractivity contribution in [3.8, 4) is 5.75 Å². The smallest absolute Gasteiger partial charge is 0.407 e. The third kappa shape index (κ3) is 4.40. The number of nitrogens with one attached hydrogen (secondary N) is 1. The van der Waals surface area contributed by atoms with Gasteiger partial charge in [-0.2, -0.15) is 0 Å². The SMILES string of the molecule is Cn1c(=O)n(C2CCC(=O)NC2=O)c2cccc(OC3CCN(C4CCN(C(=O)O)CC4)CC3)c21. The largest absolute Gasteiger partial charge is 0.488 e. The van der Waals surface area contributed by atoms with Gasteiger partial charge >= 0.3 is 11.8 Å². The minimum absolute atomic E-state index is 0.00464. The van der Waals surface area contributed by atoms with Gasteiger partial charge in [0, 0.05) is 45.7 Å². The molecule has 3 aliphatic heterocycles. The molecular weight excluding hydrogens is 454 g/mol. The fourth-order valence-corrected chi connectivity index (χ4v) is 5.69. The van der Waals surface area contributed by atoms with Crippen LogP contribution in [0.5, 0.6) is 5.75 Å². The number of benzene rings is 1. The fraction of sp³-hybridized carbons (Fsp3) is 0.583. The first-order valence-electron chi connectivity index (χ1n) is 12.3. The number of para-hydroxylation sites is 1. The maximum Gasteiger partial charge on any atom is 0.407 e. The van der Waals surface area contributed by atoms with E-state index in [1.165, 1.54) is 14.0 Å². The number of piperidine rings is 3. The van der Waals surface area contributed by atoms with E-state index >= 15 is 0 Å².